The van der Waals surface area contributed by atoms with Crippen molar-refractivity contribution in [3.63, 3.8) is 0 Å². The number of carbonyl (C=O) groups excluding carboxylic acids is 1. The monoisotopic (exact) mass is 260 g/mol. The molecule has 1 saturated carbocycles. The van der Waals surface area contributed by atoms with Crippen molar-refractivity contribution in [3.05, 3.63) is 35.4 Å². The Hall–Kier alpha value is -1.35. The molecule has 1 amide bonds. The van der Waals surface area contributed by atoms with E-state index in [4.69, 9.17) is 5.73 Å². The zero-order chi connectivity index (χ0) is 13.8. The van der Waals surface area contributed by atoms with Crippen molar-refractivity contribution < 1.29 is 4.79 Å². The SMILES string of the molecule is CC1CCCC(NCc2ccc(C(N)=O)cc2)C1C. The van der Waals surface area contributed by atoms with Crippen LogP contribution in [0.3, 0.4) is 0 Å². The summed E-state index contributed by atoms with van der Waals surface area (Å²) in [6, 6.07) is 8.16. The first-order chi connectivity index (χ1) is 9.08. The Labute approximate surface area is 115 Å². The van der Waals surface area contributed by atoms with Crippen molar-refractivity contribution in [2.45, 2.75) is 45.7 Å². The van der Waals surface area contributed by atoms with E-state index in [0.717, 1.165) is 18.4 Å². The Morgan fingerprint density at radius 1 is 1.26 bits per heavy atom. The highest BCUT2D eigenvalue weighted by Crippen LogP contribution is 2.29. The third kappa shape index (κ3) is 3.57. The highest BCUT2D eigenvalue weighted by molar-refractivity contribution is 5.92. The Bertz CT molecular complexity index is 427. The molecule has 1 aromatic carbocycles. The van der Waals surface area contributed by atoms with Gasteiger partial charge in [0.15, 0.2) is 0 Å². The summed E-state index contributed by atoms with van der Waals surface area (Å²) in [6.07, 6.45) is 3.95. The third-order valence-corrected chi connectivity index (χ3v) is 4.51. The van der Waals surface area contributed by atoms with E-state index in [1.54, 1.807) is 12.1 Å². The van der Waals surface area contributed by atoms with E-state index in [1.165, 1.54) is 24.8 Å². The first-order valence-corrected chi connectivity index (χ1v) is 7.20. The smallest absolute Gasteiger partial charge is 0.248 e. The number of rotatable bonds is 4. The molecule has 3 atom stereocenters. The topological polar surface area (TPSA) is 55.1 Å². The maximum Gasteiger partial charge on any atom is 0.248 e. The molecule has 1 fully saturated rings. The summed E-state index contributed by atoms with van der Waals surface area (Å²) >= 11 is 0. The van der Waals surface area contributed by atoms with Gasteiger partial charge in [-0.3, -0.25) is 4.79 Å². The molecule has 1 aliphatic rings. The second kappa shape index (κ2) is 6.20. The highest BCUT2D eigenvalue weighted by Gasteiger charge is 2.26. The van der Waals surface area contributed by atoms with Crippen LogP contribution in [-0.4, -0.2) is 11.9 Å². The minimum absolute atomic E-state index is 0.366. The lowest BCUT2D eigenvalue weighted by Gasteiger charge is -2.34. The van der Waals surface area contributed by atoms with Crippen molar-refractivity contribution in [2.75, 3.05) is 0 Å². The lowest BCUT2D eigenvalue weighted by Crippen LogP contribution is -2.40. The van der Waals surface area contributed by atoms with Gasteiger partial charge < -0.3 is 11.1 Å². The molecule has 104 valence electrons. The summed E-state index contributed by atoms with van der Waals surface area (Å²) in [7, 11) is 0. The molecule has 2 rings (SSSR count). The standard InChI is InChI=1S/C16H24N2O/c1-11-4-3-5-15(12(11)2)18-10-13-6-8-14(9-7-13)16(17)19/h6-9,11-12,15,18H,3-5,10H2,1-2H3,(H2,17,19). The van der Waals surface area contributed by atoms with Crippen molar-refractivity contribution in [1.82, 2.24) is 5.32 Å². The van der Waals surface area contributed by atoms with Crippen molar-refractivity contribution in [2.24, 2.45) is 17.6 Å². The second-order valence-corrected chi connectivity index (χ2v) is 5.82. The van der Waals surface area contributed by atoms with Crippen LogP contribution in [0.1, 0.15) is 49.0 Å². The van der Waals surface area contributed by atoms with Crippen molar-refractivity contribution >= 4 is 5.91 Å². The van der Waals surface area contributed by atoms with Gasteiger partial charge in [0.05, 0.1) is 0 Å². The van der Waals surface area contributed by atoms with E-state index < -0.39 is 0 Å². The van der Waals surface area contributed by atoms with Gasteiger partial charge in [-0.25, -0.2) is 0 Å². The van der Waals surface area contributed by atoms with E-state index >= 15 is 0 Å². The predicted octanol–water partition coefficient (Wildman–Crippen LogP) is 2.70. The number of hydrogen-bond acceptors (Lipinski definition) is 2. The van der Waals surface area contributed by atoms with E-state index in [0.29, 0.717) is 11.6 Å². The van der Waals surface area contributed by atoms with E-state index in [2.05, 4.69) is 19.2 Å². The van der Waals surface area contributed by atoms with Crippen LogP contribution in [0.5, 0.6) is 0 Å². The molecule has 1 aromatic rings. The van der Waals surface area contributed by atoms with Gasteiger partial charge in [0.2, 0.25) is 5.91 Å². The summed E-state index contributed by atoms with van der Waals surface area (Å²) in [4.78, 5) is 11.0. The first-order valence-electron chi connectivity index (χ1n) is 7.20. The molecule has 3 unspecified atom stereocenters. The number of nitrogens with one attached hydrogen (secondary N) is 1. The molecule has 0 saturated heterocycles. The van der Waals surface area contributed by atoms with Gasteiger partial charge in [-0.1, -0.05) is 38.8 Å². The molecular weight excluding hydrogens is 236 g/mol. The number of nitrogens with two attached hydrogens (primary N) is 1. The van der Waals surface area contributed by atoms with Crippen molar-refractivity contribution in [1.29, 1.82) is 0 Å². The van der Waals surface area contributed by atoms with Gasteiger partial charge in [-0.2, -0.15) is 0 Å². The van der Waals surface area contributed by atoms with Crippen LogP contribution in [0.4, 0.5) is 0 Å². The summed E-state index contributed by atoms with van der Waals surface area (Å²) in [5.74, 6) is 1.18. The van der Waals surface area contributed by atoms with Crippen LogP contribution in [0.2, 0.25) is 0 Å². The minimum Gasteiger partial charge on any atom is -0.366 e. The fraction of sp³-hybridized carbons (Fsp3) is 0.562. The van der Waals surface area contributed by atoms with Crippen LogP contribution in [0.25, 0.3) is 0 Å². The predicted molar refractivity (Wildman–Crippen MR) is 77.8 cm³/mol. The first kappa shape index (κ1) is 14.1. The van der Waals surface area contributed by atoms with Crippen LogP contribution in [-0.2, 0) is 6.54 Å². The van der Waals surface area contributed by atoms with Gasteiger partial charge in [0.1, 0.15) is 0 Å². The molecular formula is C16H24N2O. The van der Waals surface area contributed by atoms with Gasteiger partial charge >= 0.3 is 0 Å². The van der Waals surface area contributed by atoms with E-state index in [-0.39, 0.29) is 5.91 Å². The Kier molecular flexibility index (Phi) is 4.59. The Balaban J connectivity index is 1.89. The van der Waals surface area contributed by atoms with Crippen LogP contribution in [0.15, 0.2) is 24.3 Å². The van der Waals surface area contributed by atoms with Crippen LogP contribution >= 0.6 is 0 Å². The molecule has 0 bridgehead atoms. The highest BCUT2D eigenvalue weighted by atomic mass is 16.1. The zero-order valence-corrected chi connectivity index (χ0v) is 11.9. The molecule has 1 aliphatic carbocycles. The molecule has 0 heterocycles. The number of carbonyl (C=O) groups is 1. The largest absolute Gasteiger partial charge is 0.366 e. The Morgan fingerprint density at radius 3 is 2.58 bits per heavy atom. The van der Waals surface area contributed by atoms with Crippen LogP contribution < -0.4 is 11.1 Å². The van der Waals surface area contributed by atoms with Gasteiger partial charge in [0.25, 0.3) is 0 Å². The fourth-order valence-electron chi connectivity index (χ4n) is 2.91. The zero-order valence-electron chi connectivity index (χ0n) is 11.9. The maximum atomic E-state index is 11.0. The second-order valence-electron chi connectivity index (χ2n) is 5.82. The molecule has 0 spiro atoms. The molecule has 0 aromatic heterocycles. The van der Waals surface area contributed by atoms with Crippen molar-refractivity contribution in [3.8, 4) is 0 Å². The van der Waals surface area contributed by atoms with Crippen LogP contribution in [0, 0.1) is 11.8 Å². The number of primary amides is 1. The molecule has 19 heavy (non-hydrogen) atoms. The van der Waals surface area contributed by atoms with Gasteiger partial charge in [-0.05, 0) is 36.0 Å². The van der Waals surface area contributed by atoms with E-state index in [9.17, 15) is 4.79 Å². The quantitative estimate of drug-likeness (QED) is 0.874. The minimum atomic E-state index is -0.366. The van der Waals surface area contributed by atoms with Gasteiger partial charge in [0, 0.05) is 18.2 Å². The fourth-order valence-corrected chi connectivity index (χ4v) is 2.91. The molecule has 3 nitrogen and oxygen atoms in total. The number of amides is 1. The maximum absolute atomic E-state index is 11.0. The lowest BCUT2D eigenvalue weighted by molar-refractivity contribution is 0.100. The molecule has 3 N–H and O–H groups in total. The third-order valence-electron chi connectivity index (χ3n) is 4.51. The van der Waals surface area contributed by atoms with E-state index in [1.807, 2.05) is 12.1 Å². The summed E-state index contributed by atoms with van der Waals surface area (Å²) in [5.41, 5.74) is 7.01. The number of hydrogen-bond donors (Lipinski definition) is 2. The summed E-state index contributed by atoms with van der Waals surface area (Å²) in [6.45, 7) is 5.55. The average Bonchev–Trinajstić information content (AvgIpc) is 2.41. The van der Waals surface area contributed by atoms with Gasteiger partial charge in [-0.15, -0.1) is 0 Å². The normalized spacial score (nSPS) is 27.2. The number of benzene rings is 1. The Morgan fingerprint density at radius 2 is 1.95 bits per heavy atom. The summed E-state index contributed by atoms with van der Waals surface area (Å²) < 4.78 is 0. The molecule has 3 heteroatoms. The molecule has 0 radical (unpaired) electrons. The molecule has 0 aliphatic heterocycles. The lowest BCUT2D eigenvalue weighted by atomic mass is 9.78. The summed E-state index contributed by atoms with van der Waals surface area (Å²) in [5, 5.41) is 3.65. The average molecular weight is 260 g/mol.